The van der Waals surface area contributed by atoms with Crippen molar-refractivity contribution < 1.29 is 14.3 Å². The van der Waals surface area contributed by atoms with E-state index in [-0.39, 0.29) is 18.4 Å². The molecule has 0 fully saturated rings. The molecule has 0 saturated heterocycles. The van der Waals surface area contributed by atoms with E-state index in [1.807, 2.05) is 62.4 Å². The number of rotatable bonds is 8. The predicted octanol–water partition coefficient (Wildman–Crippen LogP) is 3.21. The molecule has 2 rings (SSSR count). The van der Waals surface area contributed by atoms with E-state index in [2.05, 4.69) is 0 Å². The molecule has 2 amide bonds. The molecule has 0 aromatic heterocycles. The monoisotopic (exact) mass is 354 g/mol. The average Bonchev–Trinajstić information content (AvgIpc) is 2.67. The smallest absolute Gasteiger partial charge is 0.254 e. The van der Waals surface area contributed by atoms with Crippen LogP contribution >= 0.6 is 0 Å². The fourth-order valence-electron chi connectivity index (χ4n) is 2.69. The van der Waals surface area contributed by atoms with Crippen LogP contribution < -0.4 is 4.74 Å². The molecule has 26 heavy (non-hydrogen) atoms. The van der Waals surface area contributed by atoms with Crippen molar-refractivity contribution in [2.45, 2.75) is 20.5 Å². The zero-order chi connectivity index (χ0) is 18.9. The summed E-state index contributed by atoms with van der Waals surface area (Å²) in [6.07, 6.45) is 0. The van der Waals surface area contributed by atoms with E-state index in [0.717, 1.165) is 11.3 Å². The summed E-state index contributed by atoms with van der Waals surface area (Å²) >= 11 is 0. The van der Waals surface area contributed by atoms with Gasteiger partial charge in [-0.05, 0) is 32.0 Å². The quantitative estimate of drug-likeness (QED) is 0.731. The highest BCUT2D eigenvalue weighted by atomic mass is 16.5. The van der Waals surface area contributed by atoms with Gasteiger partial charge in [0.1, 0.15) is 12.4 Å². The maximum Gasteiger partial charge on any atom is 0.254 e. The molecule has 0 aliphatic carbocycles. The fourth-order valence-corrected chi connectivity index (χ4v) is 2.69. The van der Waals surface area contributed by atoms with Gasteiger partial charge in [0.15, 0.2) is 0 Å². The second kappa shape index (κ2) is 9.61. The number of carbonyl (C=O) groups excluding carboxylic acids is 2. The van der Waals surface area contributed by atoms with Gasteiger partial charge in [-0.15, -0.1) is 0 Å². The topological polar surface area (TPSA) is 49.9 Å². The Labute approximate surface area is 155 Å². The summed E-state index contributed by atoms with van der Waals surface area (Å²) in [6.45, 7) is 5.49. The molecule has 0 N–H and O–H groups in total. The molecule has 2 aromatic carbocycles. The molecular weight excluding hydrogens is 328 g/mol. The summed E-state index contributed by atoms with van der Waals surface area (Å²) in [7, 11) is 1.65. The first kappa shape index (κ1) is 19.5. The Hall–Kier alpha value is -2.82. The summed E-state index contributed by atoms with van der Waals surface area (Å²) in [5.41, 5.74) is 1.35. The zero-order valence-corrected chi connectivity index (χ0v) is 15.6. The van der Waals surface area contributed by atoms with E-state index in [0.29, 0.717) is 25.3 Å². The molecule has 0 aliphatic rings. The minimum atomic E-state index is -0.183. The van der Waals surface area contributed by atoms with Crippen LogP contribution in [-0.2, 0) is 11.4 Å². The van der Waals surface area contributed by atoms with E-state index >= 15 is 0 Å². The van der Waals surface area contributed by atoms with Crippen LogP contribution in [0.2, 0.25) is 0 Å². The summed E-state index contributed by atoms with van der Waals surface area (Å²) in [4.78, 5) is 28.2. The molecule has 0 radical (unpaired) electrons. The van der Waals surface area contributed by atoms with Gasteiger partial charge in [0.2, 0.25) is 5.91 Å². The van der Waals surface area contributed by atoms with Gasteiger partial charge in [0.25, 0.3) is 5.91 Å². The van der Waals surface area contributed by atoms with Crippen molar-refractivity contribution in [3.05, 3.63) is 65.7 Å². The third-order valence-corrected chi connectivity index (χ3v) is 4.22. The third kappa shape index (κ3) is 5.09. The minimum Gasteiger partial charge on any atom is -0.489 e. The van der Waals surface area contributed by atoms with Crippen LogP contribution in [0.4, 0.5) is 0 Å². The first-order chi connectivity index (χ1) is 12.6. The van der Waals surface area contributed by atoms with Gasteiger partial charge in [-0.25, -0.2) is 0 Å². The molecule has 0 spiro atoms. The number of carbonyl (C=O) groups is 2. The standard InChI is InChI=1S/C21H26N2O3/c1-4-23(5-2)20(24)15-22(3)21(25)19-14-10-9-11-17(19)16-26-18-12-7-6-8-13-18/h6-14H,4-5,15-16H2,1-3H3. The summed E-state index contributed by atoms with van der Waals surface area (Å²) in [5.74, 6) is 0.515. The number of ether oxygens (including phenoxy) is 1. The fraction of sp³-hybridized carbons (Fsp3) is 0.333. The number of hydrogen-bond donors (Lipinski definition) is 0. The van der Waals surface area contributed by atoms with Crippen molar-refractivity contribution in [2.24, 2.45) is 0 Å². The number of likely N-dealkylation sites (N-methyl/N-ethyl adjacent to an activating group) is 2. The van der Waals surface area contributed by atoms with Crippen molar-refractivity contribution in [3.63, 3.8) is 0 Å². The highest BCUT2D eigenvalue weighted by Crippen LogP contribution is 2.16. The van der Waals surface area contributed by atoms with Gasteiger partial charge in [-0.3, -0.25) is 9.59 Å². The number of hydrogen-bond acceptors (Lipinski definition) is 3. The lowest BCUT2D eigenvalue weighted by atomic mass is 10.1. The minimum absolute atomic E-state index is 0.0520. The maximum atomic E-state index is 12.8. The van der Waals surface area contributed by atoms with E-state index in [4.69, 9.17) is 4.74 Å². The van der Waals surface area contributed by atoms with Crippen LogP contribution in [0.5, 0.6) is 5.75 Å². The van der Waals surface area contributed by atoms with Crippen molar-refractivity contribution >= 4 is 11.8 Å². The van der Waals surface area contributed by atoms with Crippen molar-refractivity contribution in [2.75, 3.05) is 26.7 Å². The molecule has 0 atom stereocenters. The van der Waals surface area contributed by atoms with Gasteiger partial charge >= 0.3 is 0 Å². The molecular formula is C21H26N2O3. The highest BCUT2D eigenvalue weighted by molar-refractivity contribution is 5.97. The molecule has 5 nitrogen and oxygen atoms in total. The highest BCUT2D eigenvalue weighted by Gasteiger charge is 2.20. The zero-order valence-electron chi connectivity index (χ0n) is 15.6. The molecule has 5 heteroatoms. The Bertz CT molecular complexity index is 727. The number of amides is 2. The third-order valence-electron chi connectivity index (χ3n) is 4.22. The van der Waals surface area contributed by atoms with Gasteiger partial charge in [0, 0.05) is 31.3 Å². The van der Waals surface area contributed by atoms with Gasteiger partial charge in [-0.1, -0.05) is 36.4 Å². The maximum absolute atomic E-state index is 12.8. The van der Waals surface area contributed by atoms with Crippen LogP contribution in [0.3, 0.4) is 0 Å². The lowest BCUT2D eigenvalue weighted by Gasteiger charge is -2.24. The Balaban J connectivity index is 2.07. The predicted molar refractivity (Wildman–Crippen MR) is 102 cm³/mol. The van der Waals surface area contributed by atoms with Gasteiger partial charge < -0.3 is 14.5 Å². The van der Waals surface area contributed by atoms with E-state index in [9.17, 15) is 9.59 Å². The van der Waals surface area contributed by atoms with Crippen LogP contribution in [0.15, 0.2) is 54.6 Å². The normalized spacial score (nSPS) is 10.3. The Morgan fingerprint density at radius 1 is 0.923 bits per heavy atom. The lowest BCUT2D eigenvalue weighted by molar-refractivity contribution is -0.131. The number of benzene rings is 2. The van der Waals surface area contributed by atoms with Crippen molar-refractivity contribution in [1.29, 1.82) is 0 Å². The second-order valence-corrected chi connectivity index (χ2v) is 5.99. The molecule has 0 aliphatic heterocycles. The Kier molecular flexibility index (Phi) is 7.21. The van der Waals surface area contributed by atoms with Crippen LogP contribution in [0, 0.1) is 0 Å². The second-order valence-electron chi connectivity index (χ2n) is 5.99. The lowest BCUT2D eigenvalue weighted by Crippen LogP contribution is -2.41. The Morgan fingerprint density at radius 3 is 2.19 bits per heavy atom. The van der Waals surface area contributed by atoms with Crippen molar-refractivity contribution in [1.82, 2.24) is 9.80 Å². The summed E-state index contributed by atoms with van der Waals surface area (Å²) < 4.78 is 5.77. The summed E-state index contributed by atoms with van der Waals surface area (Å²) in [5, 5.41) is 0. The molecule has 2 aromatic rings. The number of para-hydroxylation sites is 1. The number of nitrogens with zero attached hydrogens (tertiary/aromatic N) is 2. The molecule has 138 valence electrons. The SMILES string of the molecule is CCN(CC)C(=O)CN(C)C(=O)c1ccccc1COc1ccccc1. The van der Waals surface area contributed by atoms with Crippen LogP contribution in [-0.4, -0.2) is 48.3 Å². The Morgan fingerprint density at radius 2 is 1.54 bits per heavy atom. The molecule has 0 saturated carbocycles. The molecule has 0 bridgehead atoms. The van der Waals surface area contributed by atoms with Gasteiger partial charge in [-0.2, -0.15) is 0 Å². The van der Waals surface area contributed by atoms with E-state index in [1.165, 1.54) is 4.90 Å². The van der Waals surface area contributed by atoms with E-state index in [1.54, 1.807) is 18.0 Å². The first-order valence-electron chi connectivity index (χ1n) is 8.85. The summed E-state index contributed by atoms with van der Waals surface area (Å²) in [6, 6.07) is 16.8. The largest absolute Gasteiger partial charge is 0.489 e. The molecule has 0 heterocycles. The van der Waals surface area contributed by atoms with Crippen molar-refractivity contribution in [3.8, 4) is 5.75 Å². The van der Waals surface area contributed by atoms with Crippen LogP contribution in [0.1, 0.15) is 29.8 Å². The average molecular weight is 354 g/mol. The molecule has 0 unspecified atom stereocenters. The van der Waals surface area contributed by atoms with Crippen LogP contribution in [0.25, 0.3) is 0 Å². The van der Waals surface area contributed by atoms with E-state index < -0.39 is 0 Å². The first-order valence-corrected chi connectivity index (χ1v) is 8.85. The van der Waals surface area contributed by atoms with Gasteiger partial charge in [0.05, 0.1) is 6.54 Å².